The molecule has 1 aliphatic heterocycles. The fraction of sp³-hybridized carbons (Fsp3) is 0.900. The molecule has 0 amide bonds. The molecule has 6 nitrogen and oxygen atoms in total. The molecule has 1 saturated heterocycles. The van der Waals surface area contributed by atoms with Crippen LogP contribution in [-0.4, -0.2) is 37.7 Å². The molecule has 1 aliphatic rings. The normalized spacial score (nSPS) is 20.4. The predicted molar refractivity (Wildman–Crippen MR) is 68.0 cm³/mol. The molecule has 0 aromatic rings. The smallest absolute Gasteiger partial charge is 0.280 e. The molecule has 0 saturated carbocycles. The number of nitrogens with two attached hydrogens (primary N) is 1. The van der Waals surface area contributed by atoms with Crippen molar-refractivity contribution in [3.05, 3.63) is 0 Å². The highest BCUT2D eigenvalue weighted by molar-refractivity contribution is 7.87. The lowest BCUT2D eigenvalue weighted by atomic mass is 10.1. The van der Waals surface area contributed by atoms with Crippen molar-refractivity contribution < 1.29 is 8.42 Å². The summed E-state index contributed by atoms with van der Waals surface area (Å²) in [4.78, 5) is 0. The quantitative estimate of drug-likeness (QED) is 0.489. The van der Waals surface area contributed by atoms with Crippen LogP contribution in [0.1, 0.15) is 33.1 Å². The minimum Gasteiger partial charge on any atom is -0.386 e. The van der Waals surface area contributed by atoms with E-state index in [1.165, 1.54) is 4.31 Å². The minimum atomic E-state index is -3.51. The highest BCUT2D eigenvalue weighted by Crippen LogP contribution is 2.13. The lowest BCUT2D eigenvalue weighted by molar-refractivity contribution is 0.338. The van der Waals surface area contributed by atoms with Crippen LogP contribution in [0.15, 0.2) is 0 Å². The van der Waals surface area contributed by atoms with Crippen LogP contribution in [0.4, 0.5) is 0 Å². The molecule has 7 heteroatoms. The van der Waals surface area contributed by atoms with Crippen molar-refractivity contribution in [1.82, 2.24) is 9.03 Å². The second-order valence-corrected chi connectivity index (χ2v) is 6.46. The summed E-state index contributed by atoms with van der Waals surface area (Å²) in [7, 11) is -3.51. The number of hydrogen-bond acceptors (Lipinski definition) is 3. The van der Waals surface area contributed by atoms with Crippen molar-refractivity contribution in [3.8, 4) is 0 Å². The van der Waals surface area contributed by atoms with Crippen LogP contribution >= 0.6 is 0 Å². The van der Waals surface area contributed by atoms with E-state index in [-0.39, 0.29) is 11.8 Å². The molecule has 1 unspecified atom stereocenters. The van der Waals surface area contributed by atoms with Gasteiger partial charge in [0, 0.05) is 13.1 Å². The molecule has 0 radical (unpaired) electrons. The number of piperidine rings is 1. The van der Waals surface area contributed by atoms with Crippen LogP contribution < -0.4 is 10.5 Å². The average Bonchev–Trinajstić information content (AvgIpc) is 2.26. The first-order valence-corrected chi connectivity index (χ1v) is 7.40. The molecule has 0 aromatic heterocycles. The van der Waals surface area contributed by atoms with Crippen LogP contribution in [0.3, 0.4) is 0 Å². The highest BCUT2D eigenvalue weighted by Gasteiger charge is 2.29. The maximum atomic E-state index is 12.1. The van der Waals surface area contributed by atoms with Gasteiger partial charge < -0.3 is 5.73 Å². The summed E-state index contributed by atoms with van der Waals surface area (Å²) in [6.07, 6.45) is 2.87. The largest absolute Gasteiger partial charge is 0.386 e. The van der Waals surface area contributed by atoms with Gasteiger partial charge in [0.15, 0.2) is 0 Å². The van der Waals surface area contributed by atoms with E-state index >= 15 is 0 Å². The Morgan fingerprint density at radius 2 is 1.82 bits per heavy atom. The maximum absolute atomic E-state index is 12.1. The molecule has 0 spiro atoms. The molecule has 1 rings (SSSR count). The van der Waals surface area contributed by atoms with Crippen LogP contribution in [0, 0.1) is 11.3 Å². The van der Waals surface area contributed by atoms with Crippen molar-refractivity contribution in [2.75, 3.05) is 13.1 Å². The van der Waals surface area contributed by atoms with Gasteiger partial charge in [0.05, 0.1) is 6.04 Å². The monoisotopic (exact) mass is 262 g/mol. The number of rotatable bonds is 5. The zero-order chi connectivity index (χ0) is 13.1. The second-order valence-electron chi connectivity index (χ2n) is 4.76. The molecular formula is C10H22N4O2S. The van der Waals surface area contributed by atoms with Crippen molar-refractivity contribution in [2.45, 2.75) is 39.2 Å². The molecule has 0 bridgehead atoms. The number of nitrogens with zero attached hydrogens (tertiary/aromatic N) is 1. The molecule has 1 fully saturated rings. The second kappa shape index (κ2) is 5.79. The summed E-state index contributed by atoms with van der Waals surface area (Å²) < 4.78 is 28.1. The third-order valence-corrected chi connectivity index (χ3v) is 4.53. The lowest BCUT2D eigenvalue weighted by Gasteiger charge is -2.29. The first-order valence-electron chi connectivity index (χ1n) is 5.96. The van der Waals surface area contributed by atoms with Gasteiger partial charge in [0.25, 0.3) is 10.2 Å². The summed E-state index contributed by atoms with van der Waals surface area (Å²) in [5.41, 5.74) is 5.41. The summed E-state index contributed by atoms with van der Waals surface area (Å²) in [6.45, 7) is 4.78. The van der Waals surface area contributed by atoms with E-state index in [9.17, 15) is 8.42 Å². The number of hydrogen-bond donors (Lipinski definition) is 3. The molecule has 17 heavy (non-hydrogen) atoms. The minimum absolute atomic E-state index is 0.0351. The van der Waals surface area contributed by atoms with Crippen molar-refractivity contribution >= 4 is 16.0 Å². The van der Waals surface area contributed by atoms with E-state index in [1.54, 1.807) is 0 Å². The first kappa shape index (κ1) is 14.4. The zero-order valence-electron chi connectivity index (χ0n) is 10.4. The van der Waals surface area contributed by atoms with Gasteiger partial charge >= 0.3 is 0 Å². The van der Waals surface area contributed by atoms with E-state index in [2.05, 4.69) is 4.72 Å². The molecule has 4 N–H and O–H groups in total. The average molecular weight is 262 g/mol. The van der Waals surface area contributed by atoms with E-state index < -0.39 is 16.3 Å². The molecule has 100 valence electrons. The fourth-order valence-corrected chi connectivity index (χ4v) is 3.51. The Balaban J connectivity index is 2.73. The SMILES string of the molecule is CC(C)C(NS(=O)(=O)N1CCCCC1)C(=N)N. The topological polar surface area (TPSA) is 99.3 Å². The van der Waals surface area contributed by atoms with Crippen molar-refractivity contribution in [3.63, 3.8) is 0 Å². The van der Waals surface area contributed by atoms with Gasteiger partial charge in [-0.15, -0.1) is 0 Å². The maximum Gasteiger partial charge on any atom is 0.280 e. The van der Waals surface area contributed by atoms with Gasteiger partial charge in [-0.05, 0) is 18.8 Å². The Hall–Kier alpha value is -0.660. The molecule has 0 aromatic carbocycles. The molecular weight excluding hydrogens is 240 g/mol. The molecule has 0 aliphatic carbocycles. The Kier molecular flexibility index (Phi) is 4.91. The van der Waals surface area contributed by atoms with E-state index in [0.29, 0.717) is 13.1 Å². The van der Waals surface area contributed by atoms with E-state index in [0.717, 1.165) is 19.3 Å². The Morgan fingerprint density at radius 1 is 1.29 bits per heavy atom. The first-order chi connectivity index (χ1) is 7.84. The molecule has 1 atom stereocenters. The van der Waals surface area contributed by atoms with Gasteiger partial charge in [-0.2, -0.15) is 17.4 Å². The van der Waals surface area contributed by atoms with Gasteiger partial charge in [-0.25, -0.2) is 0 Å². The van der Waals surface area contributed by atoms with Gasteiger partial charge in [-0.3, -0.25) is 5.41 Å². The Labute approximate surface area is 103 Å². The summed E-state index contributed by atoms with van der Waals surface area (Å²) in [5, 5.41) is 7.41. The van der Waals surface area contributed by atoms with E-state index in [1.807, 2.05) is 13.8 Å². The third kappa shape index (κ3) is 3.93. The van der Waals surface area contributed by atoms with Crippen LogP contribution in [-0.2, 0) is 10.2 Å². The highest BCUT2D eigenvalue weighted by atomic mass is 32.2. The number of nitrogens with one attached hydrogen (secondary N) is 2. The lowest BCUT2D eigenvalue weighted by Crippen LogP contribution is -2.53. The summed E-state index contributed by atoms with van der Waals surface area (Å²) in [5.74, 6) is -0.173. The summed E-state index contributed by atoms with van der Waals surface area (Å²) >= 11 is 0. The third-order valence-electron chi connectivity index (χ3n) is 2.93. The molecule has 1 heterocycles. The van der Waals surface area contributed by atoms with Gasteiger partial charge in [0.2, 0.25) is 0 Å². The van der Waals surface area contributed by atoms with Crippen molar-refractivity contribution in [1.29, 1.82) is 5.41 Å². The van der Waals surface area contributed by atoms with Gasteiger partial charge in [0.1, 0.15) is 5.84 Å². The summed E-state index contributed by atoms with van der Waals surface area (Å²) in [6, 6.07) is -0.623. The predicted octanol–water partition coefficient (Wildman–Crippen LogP) is 0.267. The van der Waals surface area contributed by atoms with Crippen LogP contribution in [0.2, 0.25) is 0 Å². The Morgan fingerprint density at radius 3 is 2.24 bits per heavy atom. The van der Waals surface area contributed by atoms with Crippen molar-refractivity contribution in [2.24, 2.45) is 11.7 Å². The van der Waals surface area contributed by atoms with E-state index in [4.69, 9.17) is 11.1 Å². The standard InChI is InChI=1S/C10H22N4O2S/c1-8(2)9(10(11)12)13-17(15,16)14-6-4-3-5-7-14/h8-9,13H,3-7H2,1-2H3,(H3,11,12). The Bertz CT molecular complexity index is 361. The zero-order valence-corrected chi connectivity index (χ0v) is 11.3. The van der Waals surface area contributed by atoms with Crippen LogP contribution in [0.5, 0.6) is 0 Å². The fourth-order valence-electron chi connectivity index (χ4n) is 1.90. The van der Waals surface area contributed by atoms with Gasteiger partial charge in [-0.1, -0.05) is 20.3 Å². The number of amidine groups is 1. The van der Waals surface area contributed by atoms with Crippen LogP contribution in [0.25, 0.3) is 0 Å².